The number of furan rings is 1. The van der Waals surface area contributed by atoms with Gasteiger partial charge in [-0.05, 0) is 158 Å². The molecule has 1 aliphatic carbocycles. The van der Waals surface area contributed by atoms with Crippen LogP contribution < -0.4 is 63.8 Å². The minimum absolute atomic E-state index is 0.0264. The Bertz CT molecular complexity index is 6140. The molecular weight excluding hydrogens is 1940 g/mol. The summed E-state index contributed by atoms with van der Waals surface area (Å²) in [7, 11) is 7.87. The van der Waals surface area contributed by atoms with Crippen molar-refractivity contribution >= 4 is 206 Å². The molecule has 13 rings (SSSR count). The summed E-state index contributed by atoms with van der Waals surface area (Å²) in [5.41, 5.74) is 9.43. The molecule has 0 unspecified atom stereocenters. The number of aromatic nitrogens is 3. The number of amides is 12. The van der Waals surface area contributed by atoms with Crippen LogP contribution in [0.25, 0.3) is 0 Å². The van der Waals surface area contributed by atoms with Gasteiger partial charge in [0.25, 0.3) is 0 Å². The second-order valence-electron chi connectivity index (χ2n) is 38.8. The van der Waals surface area contributed by atoms with E-state index in [1.54, 1.807) is 48.5 Å². The number of urea groups is 6. The highest BCUT2D eigenvalue weighted by atomic mass is 32.1. The molecule has 143 heavy (non-hydrogen) atoms. The van der Waals surface area contributed by atoms with Gasteiger partial charge in [-0.2, -0.15) is 0 Å². The summed E-state index contributed by atoms with van der Waals surface area (Å²) < 4.78 is 34.3. The molecule has 12 amide bonds. The fourth-order valence-electron chi connectivity index (χ4n) is 12.1. The number of methoxy groups -OCH3 is 6. The van der Waals surface area contributed by atoms with E-state index in [4.69, 9.17) is 32.8 Å². The van der Waals surface area contributed by atoms with Crippen LogP contribution in [0.15, 0.2) is 155 Å². The number of nitrogens with zero attached hydrogens (tertiary/aromatic N) is 2. The van der Waals surface area contributed by atoms with Crippen LogP contribution in [0.5, 0.6) is 0 Å². The lowest BCUT2D eigenvalue weighted by molar-refractivity contribution is 0.0558. The minimum atomic E-state index is -0.642. The van der Waals surface area contributed by atoms with Crippen molar-refractivity contribution in [3.05, 3.63) is 242 Å². The Labute approximate surface area is 856 Å². The molecule has 1 fully saturated rings. The lowest BCUT2D eigenvalue weighted by atomic mass is 9.92. The number of para-hydroxylation sites is 1. The number of thiophene rings is 5. The lowest BCUT2D eigenvalue weighted by Crippen LogP contribution is -2.20. The van der Waals surface area contributed by atoms with Gasteiger partial charge in [-0.1, -0.05) is 207 Å². The third kappa shape index (κ3) is 35.0. The number of anilines is 12. The average Bonchev–Trinajstić information content (AvgIpc) is 1.68. The summed E-state index contributed by atoms with van der Waals surface area (Å²) in [6.07, 6.45) is 2.27. The van der Waals surface area contributed by atoms with Crippen LogP contribution in [0.3, 0.4) is 0 Å². The Hall–Kier alpha value is -14.1. The summed E-state index contributed by atoms with van der Waals surface area (Å²) in [5, 5.41) is 45.8. The molecule has 0 aliphatic heterocycles. The SMILES string of the molecule is COC(=O)c1[nH]c(C(C)(C)C)cc1NC(=O)Nc1ccc(C)cc1.COC(=O)c1cc(C(C)(C)C)sc1NC(=O)Nc1ccc(C)cc1.COC(=O)c1cc(C(C)(C)C)sc1NC(=O)Nc1ccccc1.COC(=O)c1oc(C(C)(C)C)cc1NC(=O)Nc1ccc(C)cc1.COC(=O)c1sc(C(C)(C)C)cc1NC(=O)Nc1cc(C)cs1.COC(=O)c1sc(C(C)(C)C)cc1NC(=O)Nc1nnc(C2CC2)s1. The van der Waals surface area contributed by atoms with Gasteiger partial charge in [0.05, 0.1) is 81.5 Å². The molecule has 12 aromatic rings. The molecule has 34 nitrogen and oxygen atoms in total. The van der Waals surface area contributed by atoms with Crippen molar-refractivity contribution in [1.29, 1.82) is 0 Å². The first-order chi connectivity index (χ1) is 66.9. The topological polar surface area (TPSA) is 459 Å². The number of benzene rings is 4. The molecule has 8 heterocycles. The van der Waals surface area contributed by atoms with E-state index < -0.39 is 66.0 Å². The summed E-state index contributed by atoms with van der Waals surface area (Å²) in [4.78, 5) is 153. The van der Waals surface area contributed by atoms with Gasteiger partial charge in [-0.25, -0.2) is 57.5 Å². The average molecular weight is 2070 g/mol. The Morgan fingerprint density at radius 2 is 0.699 bits per heavy atom. The van der Waals surface area contributed by atoms with Gasteiger partial charge in [0.1, 0.15) is 36.2 Å². The highest BCUT2D eigenvalue weighted by molar-refractivity contribution is 7.18. The van der Waals surface area contributed by atoms with E-state index in [0.717, 1.165) is 70.3 Å². The number of esters is 6. The van der Waals surface area contributed by atoms with Crippen LogP contribution in [0.1, 0.15) is 263 Å². The normalized spacial score (nSPS) is 11.6. The maximum Gasteiger partial charge on any atom is 0.376 e. The molecule has 1 aliphatic rings. The summed E-state index contributed by atoms with van der Waals surface area (Å²) in [6.45, 7) is 44.4. The maximum absolute atomic E-state index is 12.3. The van der Waals surface area contributed by atoms with E-state index in [-0.39, 0.29) is 55.7 Å². The molecular formula is C103H127N15O19S6. The smallest absolute Gasteiger partial charge is 0.376 e. The number of rotatable bonds is 19. The Morgan fingerprint density at radius 1 is 0.336 bits per heavy atom. The van der Waals surface area contributed by atoms with Crippen LogP contribution in [0.4, 0.5) is 94.4 Å². The number of H-pyrrole nitrogens is 1. The van der Waals surface area contributed by atoms with Crippen LogP contribution in [-0.2, 0) is 60.9 Å². The quantitative estimate of drug-likeness (QED) is 0.0264. The second kappa shape index (κ2) is 50.1. The molecule has 4 aromatic carbocycles. The van der Waals surface area contributed by atoms with Gasteiger partial charge >= 0.3 is 72.0 Å². The van der Waals surface area contributed by atoms with E-state index in [1.165, 1.54) is 111 Å². The molecule has 0 saturated heterocycles. The number of aromatic amines is 1. The van der Waals surface area contributed by atoms with Crippen molar-refractivity contribution in [2.24, 2.45) is 0 Å². The first kappa shape index (κ1) is 114. The van der Waals surface area contributed by atoms with E-state index in [0.29, 0.717) is 87.5 Å². The van der Waals surface area contributed by atoms with Crippen LogP contribution in [0.2, 0.25) is 0 Å². The fraction of sp³-hybridized carbons (Fsp3) is 0.359. The Balaban J connectivity index is 0.000000210. The van der Waals surface area contributed by atoms with Crippen molar-refractivity contribution in [1.82, 2.24) is 15.2 Å². The summed E-state index contributed by atoms with van der Waals surface area (Å²) in [6, 6.07) is 41.4. The van der Waals surface area contributed by atoms with Gasteiger partial charge in [-0.3, -0.25) is 21.3 Å². The highest BCUT2D eigenvalue weighted by Gasteiger charge is 2.34. The second-order valence-corrected chi connectivity index (χ2v) is 45.0. The van der Waals surface area contributed by atoms with Gasteiger partial charge in [-0.15, -0.1) is 66.9 Å². The van der Waals surface area contributed by atoms with E-state index in [1.807, 2.05) is 213 Å². The molecule has 764 valence electrons. The Morgan fingerprint density at radius 3 is 1.06 bits per heavy atom. The highest BCUT2D eigenvalue weighted by Crippen LogP contribution is 2.44. The monoisotopic (exact) mass is 2070 g/mol. The number of nitrogens with one attached hydrogen (secondary N) is 13. The number of ether oxygens (including phenoxy) is 6. The first-order valence-corrected chi connectivity index (χ1v) is 49.9. The van der Waals surface area contributed by atoms with Crippen LogP contribution >= 0.6 is 68.0 Å². The lowest BCUT2D eigenvalue weighted by Gasteiger charge is -2.15. The molecule has 0 radical (unpaired) electrons. The zero-order chi connectivity index (χ0) is 106. The number of aryl methyl sites for hydroxylation is 4. The van der Waals surface area contributed by atoms with Gasteiger partial charge in [0, 0.05) is 70.8 Å². The van der Waals surface area contributed by atoms with Crippen molar-refractivity contribution in [3.63, 3.8) is 0 Å². The van der Waals surface area contributed by atoms with Gasteiger partial charge in [0.15, 0.2) is 0 Å². The molecule has 0 bridgehead atoms. The summed E-state index contributed by atoms with van der Waals surface area (Å²) >= 11 is 8.25. The van der Waals surface area contributed by atoms with Crippen molar-refractivity contribution in [2.75, 3.05) is 106 Å². The zero-order valence-corrected chi connectivity index (χ0v) is 90.4. The largest absolute Gasteiger partial charge is 0.465 e. The third-order valence-electron chi connectivity index (χ3n) is 20.3. The third-order valence-corrected chi connectivity index (χ3v) is 28.3. The maximum atomic E-state index is 12.3. The van der Waals surface area contributed by atoms with Crippen LogP contribution in [-0.4, -0.2) is 130 Å². The number of carbonyl (C=O) groups is 12. The fourth-order valence-corrected chi connectivity index (χ4v) is 18.1. The van der Waals surface area contributed by atoms with E-state index in [2.05, 4.69) is 121 Å². The van der Waals surface area contributed by atoms with E-state index in [9.17, 15) is 57.5 Å². The number of carbonyl (C=O) groups excluding carboxylic acids is 12. The van der Waals surface area contributed by atoms with Crippen molar-refractivity contribution in [2.45, 2.75) is 204 Å². The predicted molar refractivity (Wildman–Crippen MR) is 574 cm³/mol. The first-order valence-electron chi connectivity index (χ1n) is 45.0. The van der Waals surface area contributed by atoms with Crippen LogP contribution in [0, 0.1) is 27.7 Å². The van der Waals surface area contributed by atoms with Crippen molar-refractivity contribution < 1.29 is 90.4 Å². The molecule has 0 atom stereocenters. The van der Waals surface area contributed by atoms with Gasteiger partial charge < -0.3 is 80.4 Å². The molecule has 13 N–H and O–H groups in total. The summed E-state index contributed by atoms with van der Waals surface area (Å²) in [5.74, 6) is -1.98. The van der Waals surface area contributed by atoms with E-state index >= 15 is 0 Å². The zero-order valence-electron chi connectivity index (χ0n) is 85.5. The number of hydrogen-bond acceptors (Lipinski definition) is 27. The van der Waals surface area contributed by atoms with Crippen molar-refractivity contribution in [3.8, 4) is 0 Å². The molecule has 1 saturated carbocycles. The molecule has 8 aromatic heterocycles. The Kier molecular flexibility index (Phi) is 40.0. The molecule has 40 heteroatoms. The predicted octanol–water partition coefficient (Wildman–Crippen LogP) is 26.7. The minimum Gasteiger partial charge on any atom is -0.465 e. The molecule has 0 spiro atoms. The standard InChI is InChI=1S/C18H23N3O3.C18H22N2O4.C18H22N2O3S.C17H20N2O3S.C16H20N4O3S2.C16H20N2O3S2/c1-11-6-8-12(9-7-11)19-17(23)20-13-10-14(18(2,3)4)21-15(13)16(22)24-5;1-11-6-8-12(9-7-11)19-17(22)20-13-10-14(18(2,3)4)24-15(13)16(21)23-5;1-11-6-8-12(9-7-11)19-17(22)20-15-13(16(21)23-5)10-14(24-15)18(2,3)4;1-17(2,3)13-10-12(15(20)22-4)14(23-13)19-16(21)18-11-8-6-5-7-9-11;1-16(2,3)10-7-9(11(24-10)13(21)23-4)17-14(22)18-15-20-19-12(25-15)8-5-6-8;1-9-6-12(22-8-9)18-15(20)17-10-7-11(16(2,3)4)23-13(10)14(19)21-5/h6-10,21H,1-5H3,(H2,19,20,23);2*6-10H,1-5H3,(H2,19,20,22);5-10H,1-4H3,(H2,18,19,21);7-8H,5-6H2,1-4H3,(H2,17,18,20,22);6-8H,1-5H3,(H2,17,18,20). The number of hydrogen-bond donors (Lipinski definition) is 13. The van der Waals surface area contributed by atoms with Gasteiger partial charge in [0.2, 0.25) is 10.9 Å².